The zero-order valence-electron chi connectivity index (χ0n) is 13.2. The molecule has 0 radical (unpaired) electrons. The number of ether oxygens (including phenoxy) is 1. The van der Waals surface area contributed by atoms with Crippen molar-refractivity contribution < 1.29 is 18.1 Å². The van der Waals surface area contributed by atoms with Gasteiger partial charge in [-0.05, 0) is 25.8 Å². The van der Waals surface area contributed by atoms with Crippen molar-refractivity contribution in [3.63, 3.8) is 0 Å². The number of hydrogen-bond acceptors (Lipinski definition) is 7. The van der Waals surface area contributed by atoms with Gasteiger partial charge in [0.2, 0.25) is 0 Å². The predicted molar refractivity (Wildman–Crippen MR) is 86.3 cm³/mol. The molecule has 0 aliphatic carbocycles. The van der Waals surface area contributed by atoms with Crippen molar-refractivity contribution in [3.8, 4) is 0 Å². The molecule has 1 aliphatic rings. The van der Waals surface area contributed by atoms with E-state index in [-0.39, 0.29) is 11.4 Å². The van der Waals surface area contributed by atoms with Crippen LogP contribution in [0.3, 0.4) is 0 Å². The van der Waals surface area contributed by atoms with Crippen LogP contribution in [0.5, 0.6) is 0 Å². The molecule has 23 heavy (non-hydrogen) atoms. The van der Waals surface area contributed by atoms with Gasteiger partial charge in [-0.1, -0.05) is 0 Å². The monoisotopic (exact) mass is 343 g/mol. The second-order valence-corrected chi connectivity index (χ2v) is 8.29. The van der Waals surface area contributed by atoms with Crippen LogP contribution in [-0.2, 0) is 14.6 Å². The molecule has 8 nitrogen and oxygen atoms in total. The van der Waals surface area contributed by atoms with Crippen LogP contribution in [0, 0.1) is 22.5 Å². The third-order valence-electron chi connectivity index (χ3n) is 4.05. The molecule has 0 aromatic carbocycles. The van der Waals surface area contributed by atoms with Gasteiger partial charge in [0, 0.05) is 37.0 Å². The molecule has 0 atom stereocenters. The Morgan fingerprint density at radius 2 is 2.09 bits per heavy atom. The van der Waals surface area contributed by atoms with E-state index in [0.717, 1.165) is 0 Å². The highest BCUT2D eigenvalue weighted by atomic mass is 32.2. The van der Waals surface area contributed by atoms with E-state index in [1.165, 1.54) is 12.5 Å². The molecule has 0 spiro atoms. The Morgan fingerprint density at radius 1 is 1.43 bits per heavy atom. The minimum atomic E-state index is -3.12. The first-order valence-corrected chi connectivity index (χ1v) is 9.37. The summed E-state index contributed by atoms with van der Waals surface area (Å²) < 4.78 is 28.8. The van der Waals surface area contributed by atoms with Crippen molar-refractivity contribution in [2.45, 2.75) is 19.8 Å². The standard InChI is InChI=1S/C14H21N3O5S/c1-11-7-13(15-8-12(11)17(18)19)16-9-14(10-23(2,20)21)3-5-22-6-4-14/h7-8H,3-6,9-10H2,1-2H3,(H,15,16). The molecule has 1 saturated heterocycles. The summed E-state index contributed by atoms with van der Waals surface area (Å²) in [6.45, 7) is 3.15. The number of pyridine rings is 1. The van der Waals surface area contributed by atoms with E-state index in [0.29, 0.717) is 44.0 Å². The van der Waals surface area contributed by atoms with Crippen LogP contribution < -0.4 is 5.32 Å². The smallest absolute Gasteiger partial charge is 0.290 e. The summed E-state index contributed by atoms with van der Waals surface area (Å²) in [4.78, 5) is 14.4. The topological polar surface area (TPSA) is 111 Å². The first-order valence-electron chi connectivity index (χ1n) is 7.31. The lowest BCUT2D eigenvalue weighted by molar-refractivity contribution is -0.385. The van der Waals surface area contributed by atoms with Crippen LogP contribution in [0.15, 0.2) is 12.3 Å². The SMILES string of the molecule is Cc1cc(NCC2(CS(C)(=O)=O)CCOCC2)ncc1[N+](=O)[O-]. The molecule has 1 aromatic heterocycles. The van der Waals surface area contributed by atoms with E-state index in [1.54, 1.807) is 13.0 Å². The van der Waals surface area contributed by atoms with Gasteiger partial charge < -0.3 is 10.1 Å². The molecule has 0 unspecified atom stereocenters. The van der Waals surface area contributed by atoms with Crippen LogP contribution in [0.25, 0.3) is 0 Å². The van der Waals surface area contributed by atoms with Crippen LogP contribution >= 0.6 is 0 Å². The molecule has 2 rings (SSSR count). The van der Waals surface area contributed by atoms with Crippen molar-refractivity contribution in [2.75, 3.05) is 37.1 Å². The largest absolute Gasteiger partial charge is 0.381 e. The Balaban J connectivity index is 2.12. The molecule has 0 saturated carbocycles. The van der Waals surface area contributed by atoms with Gasteiger partial charge in [0.25, 0.3) is 5.69 Å². The van der Waals surface area contributed by atoms with Crippen molar-refractivity contribution in [1.29, 1.82) is 0 Å². The van der Waals surface area contributed by atoms with E-state index in [4.69, 9.17) is 4.74 Å². The van der Waals surface area contributed by atoms with Gasteiger partial charge in [-0.3, -0.25) is 10.1 Å². The summed E-state index contributed by atoms with van der Waals surface area (Å²) in [5.41, 5.74) is 0.0764. The highest BCUT2D eigenvalue weighted by Crippen LogP contribution is 2.32. The van der Waals surface area contributed by atoms with Gasteiger partial charge in [0.05, 0.1) is 10.7 Å². The average molecular weight is 343 g/mol. The van der Waals surface area contributed by atoms with Gasteiger partial charge in [-0.25, -0.2) is 13.4 Å². The Bertz CT molecular complexity index is 684. The van der Waals surface area contributed by atoms with Crippen molar-refractivity contribution >= 4 is 21.3 Å². The van der Waals surface area contributed by atoms with Crippen LogP contribution in [0.1, 0.15) is 18.4 Å². The minimum absolute atomic E-state index is 0.0348. The van der Waals surface area contributed by atoms with Crippen LogP contribution in [0.4, 0.5) is 11.5 Å². The number of aryl methyl sites for hydroxylation is 1. The van der Waals surface area contributed by atoms with Gasteiger partial charge in [0.1, 0.15) is 21.9 Å². The Hall–Kier alpha value is -1.74. The number of sulfone groups is 1. The lowest BCUT2D eigenvalue weighted by Crippen LogP contribution is -2.41. The molecule has 1 N–H and O–H groups in total. The van der Waals surface area contributed by atoms with Crippen molar-refractivity contribution in [1.82, 2.24) is 4.98 Å². The summed E-state index contributed by atoms with van der Waals surface area (Å²) >= 11 is 0. The molecule has 0 bridgehead atoms. The molecule has 2 heterocycles. The molecule has 128 valence electrons. The van der Waals surface area contributed by atoms with Gasteiger partial charge >= 0.3 is 0 Å². The van der Waals surface area contributed by atoms with E-state index < -0.39 is 20.2 Å². The number of hydrogen-bond donors (Lipinski definition) is 1. The van der Waals surface area contributed by atoms with E-state index in [2.05, 4.69) is 10.3 Å². The second kappa shape index (κ2) is 6.79. The fourth-order valence-corrected chi connectivity index (χ4v) is 4.35. The lowest BCUT2D eigenvalue weighted by atomic mass is 9.82. The van der Waals surface area contributed by atoms with Crippen LogP contribution in [0.2, 0.25) is 0 Å². The number of rotatable bonds is 6. The number of nitrogens with one attached hydrogen (secondary N) is 1. The molecular weight excluding hydrogens is 322 g/mol. The Morgan fingerprint density at radius 3 is 2.61 bits per heavy atom. The molecule has 1 fully saturated rings. The quantitative estimate of drug-likeness (QED) is 0.616. The number of aromatic nitrogens is 1. The third kappa shape index (κ3) is 4.87. The minimum Gasteiger partial charge on any atom is -0.381 e. The highest BCUT2D eigenvalue weighted by molar-refractivity contribution is 7.90. The molecule has 1 aromatic rings. The molecular formula is C14H21N3O5S. The van der Waals surface area contributed by atoms with Gasteiger partial charge in [-0.2, -0.15) is 0 Å². The maximum Gasteiger partial charge on any atom is 0.290 e. The Labute approximate surface area is 135 Å². The fraction of sp³-hybridized carbons (Fsp3) is 0.643. The van der Waals surface area contributed by atoms with Crippen molar-refractivity contribution in [2.24, 2.45) is 5.41 Å². The summed E-state index contributed by atoms with van der Waals surface area (Å²) in [6, 6.07) is 1.60. The van der Waals surface area contributed by atoms with Gasteiger partial charge in [-0.15, -0.1) is 0 Å². The normalized spacial score (nSPS) is 17.7. The summed E-state index contributed by atoms with van der Waals surface area (Å²) in [7, 11) is -3.12. The molecule has 9 heteroatoms. The van der Waals surface area contributed by atoms with Crippen LogP contribution in [-0.4, -0.2) is 50.1 Å². The predicted octanol–water partition coefficient (Wildman–Crippen LogP) is 1.55. The second-order valence-electron chi connectivity index (χ2n) is 6.15. The maximum atomic E-state index is 11.7. The third-order valence-corrected chi connectivity index (χ3v) is 5.18. The summed E-state index contributed by atoms with van der Waals surface area (Å²) in [5.74, 6) is 0.593. The molecule has 0 amide bonds. The zero-order valence-corrected chi connectivity index (χ0v) is 14.1. The number of nitro groups is 1. The summed E-state index contributed by atoms with van der Waals surface area (Å²) in [6.07, 6.45) is 3.75. The van der Waals surface area contributed by atoms with E-state index in [9.17, 15) is 18.5 Å². The highest BCUT2D eigenvalue weighted by Gasteiger charge is 2.36. The Kier molecular flexibility index (Phi) is 5.20. The fourth-order valence-electron chi connectivity index (χ4n) is 2.85. The van der Waals surface area contributed by atoms with E-state index >= 15 is 0 Å². The average Bonchev–Trinajstić information content (AvgIpc) is 2.44. The van der Waals surface area contributed by atoms with E-state index in [1.807, 2.05) is 0 Å². The zero-order chi connectivity index (χ0) is 17.1. The first-order chi connectivity index (χ1) is 10.7. The number of anilines is 1. The van der Waals surface area contributed by atoms with Gasteiger partial charge in [0.15, 0.2) is 0 Å². The van der Waals surface area contributed by atoms with Crippen molar-refractivity contribution in [3.05, 3.63) is 27.9 Å². The maximum absolute atomic E-state index is 11.7. The lowest BCUT2D eigenvalue weighted by Gasteiger charge is -2.36. The first kappa shape index (κ1) is 17.6. The summed E-state index contributed by atoms with van der Waals surface area (Å²) in [5, 5.41) is 13.9. The number of nitrogens with zero attached hydrogens (tertiary/aromatic N) is 2. The molecule has 1 aliphatic heterocycles.